The average Bonchev–Trinajstić information content (AvgIpc) is 2.44. The summed E-state index contributed by atoms with van der Waals surface area (Å²) in [6.07, 6.45) is 2.08. The number of carbonyl (C=O) groups is 2. The lowest BCUT2D eigenvalue weighted by Gasteiger charge is -2.11. The fraction of sp³-hybridized carbons (Fsp3) is 0.467. The lowest BCUT2D eigenvalue weighted by atomic mass is 10.1. The zero-order valence-electron chi connectivity index (χ0n) is 12.4. The number of rotatable bonds is 8. The van der Waals surface area contributed by atoms with Crippen LogP contribution < -0.4 is 10.6 Å². The van der Waals surface area contributed by atoms with Crippen molar-refractivity contribution in [3.8, 4) is 0 Å². The first-order valence-electron chi connectivity index (χ1n) is 7.01. The summed E-state index contributed by atoms with van der Waals surface area (Å²) in [4.78, 5) is 22.6. The van der Waals surface area contributed by atoms with Crippen LogP contribution in [0.2, 0.25) is 0 Å². The third kappa shape index (κ3) is 6.27. The van der Waals surface area contributed by atoms with Crippen molar-refractivity contribution in [2.45, 2.75) is 26.7 Å². The number of hydrogen-bond acceptors (Lipinski definition) is 3. The predicted octanol–water partition coefficient (Wildman–Crippen LogP) is 2.63. The molecule has 0 aromatic heterocycles. The standard InChI is InChI=1S/C15H22N2O4/c1-3-4-8-21-9-7-16-15(20)17-13-10-12(14(18)19)6-5-11(13)2/h5-6,10H,3-4,7-9H2,1-2H3,(H,18,19)(H2,16,17,20). The molecule has 0 aliphatic carbocycles. The Kier molecular flexibility index (Phi) is 7.25. The number of unbranched alkanes of at least 4 members (excludes halogenated alkanes) is 1. The van der Waals surface area contributed by atoms with Crippen molar-refractivity contribution in [3.63, 3.8) is 0 Å². The Labute approximate surface area is 124 Å². The Bertz CT molecular complexity index is 489. The molecular formula is C15H22N2O4. The summed E-state index contributed by atoms with van der Waals surface area (Å²) in [5.41, 5.74) is 1.42. The molecule has 1 aromatic carbocycles. The van der Waals surface area contributed by atoms with Gasteiger partial charge >= 0.3 is 12.0 Å². The molecule has 0 saturated carbocycles. The maximum atomic E-state index is 11.7. The van der Waals surface area contributed by atoms with Crippen molar-refractivity contribution in [2.75, 3.05) is 25.1 Å². The molecule has 1 aromatic rings. The van der Waals surface area contributed by atoms with E-state index in [9.17, 15) is 9.59 Å². The van der Waals surface area contributed by atoms with E-state index in [-0.39, 0.29) is 11.6 Å². The van der Waals surface area contributed by atoms with Crippen LogP contribution in [0.25, 0.3) is 0 Å². The molecule has 0 bridgehead atoms. The topological polar surface area (TPSA) is 87.7 Å². The Morgan fingerprint density at radius 3 is 2.71 bits per heavy atom. The molecule has 2 amide bonds. The summed E-state index contributed by atoms with van der Waals surface area (Å²) < 4.78 is 5.33. The first kappa shape index (κ1) is 17.0. The summed E-state index contributed by atoms with van der Waals surface area (Å²) >= 11 is 0. The largest absolute Gasteiger partial charge is 0.478 e. The predicted molar refractivity (Wildman–Crippen MR) is 80.9 cm³/mol. The monoisotopic (exact) mass is 294 g/mol. The molecular weight excluding hydrogens is 272 g/mol. The van der Waals surface area contributed by atoms with Gasteiger partial charge in [0.15, 0.2) is 0 Å². The van der Waals surface area contributed by atoms with Gasteiger partial charge < -0.3 is 20.5 Å². The van der Waals surface area contributed by atoms with Crippen molar-refractivity contribution >= 4 is 17.7 Å². The smallest absolute Gasteiger partial charge is 0.335 e. The highest BCUT2D eigenvalue weighted by Crippen LogP contribution is 2.16. The number of amides is 2. The minimum atomic E-state index is -1.03. The Balaban J connectivity index is 2.40. The molecule has 0 unspecified atom stereocenters. The number of ether oxygens (including phenoxy) is 1. The van der Waals surface area contributed by atoms with Crippen LogP contribution in [0.3, 0.4) is 0 Å². The van der Waals surface area contributed by atoms with E-state index in [1.54, 1.807) is 13.0 Å². The Morgan fingerprint density at radius 2 is 2.05 bits per heavy atom. The van der Waals surface area contributed by atoms with Crippen molar-refractivity contribution in [3.05, 3.63) is 29.3 Å². The number of carbonyl (C=O) groups excluding carboxylic acids is 1. The zero-order valence-corrected chi connectivity index (χ0v) is 12.4. The number of aryl methyl sites for hydroxylation is 1. The van der Waals surface area contributed by atoms with Crippen LogP contribution in [0.5, 0.6) is 0 Å². The number of anilines is 1. The first-order chi connectivity index (χ1) is 10.0. The number of carboxylic acid groups (broad SMARTS) is 1. The quantitative estimate of drug-likeness (QED) is 0.643. The number of benzene rings is 1. The summed E-state index contributed by atoms with van der Waals surface area (Å²) in [7, 11) is 0. The highest BCUT2D eigenvalue weighted by Gasteiger charge is 2.08. The van der Waals surface area contributed by atoms with Gasteiger partial charge in [0.05, 0.1) is 12.2 Å². The molecule has 21 heavy (non-hydrogen) atoms. The molecule has 6 heteroatoms. The molecule has 0 aliphatic rings. The van der Waals surface area contributed by atoms with E-state index in [0.29, 0.717) is 25.4 Å². The van der Waals surface area contributed by atoms with E-state index in [1.165, 1.54) is 12.1 Å². The van der Waals surface area contributed by atoms with E-state index < -0.39 is 5.97 Å². The number of nitrogens with one attached hydrogen (secondary N) is 2. The molecule has 116 valence electrons. The SMILES string of the molecule is CCCCOCCNC(=O)Nc1cc(C(=O)O)ccc1C. The van der Waals surface area contributed by atoms with Crippen molar-refractivity contribution in [2.24, 2.45) is 0 Å². The maximum Gasteiger partial charge on any atom is 0.335 e. The third-order valence-electron chi connectivity index (χ3n) is 2.91. The van der Waals surface area contributed by atoms with Gasteiger partial charge in [-0.1, -0.05) is 19.4 Å². The van der Waals surface area contributed by atoms with Gasteiger partial charge in [-0.2, -0.15) is 0 Å². The fourth-order valence-electron chi connectivity index (χ4n) is 1.64. The molecule has 0 spiro atoms. The second-order valence-corrected chi connectivity index (χ2v) is 4.68. The van der Waals surface area contributed by atoms with Crippen molar-refractivity contribution in [1.82, 2.24) is 5.32 Å². The number of carboxylic acids is 1. The number of hydrogen-bond donors (Lipinski definition) is 3. The third-order valence-corrected chi connectivity index (χ3v) is 2.91. The molecule has 0 fully saturated rings. The fourth-order valence-corrected chi connectivity index (χ4v) is 1.64. The van der Waals surface area contributed by atoms with E-state index >= 15 is 0 Å². The summed E-state index contributed by atoms with van der Waals surface area (Å²) in [5, 5.41) is 14.2. The van der Waals surface area contributed by atoms with Crippen LogP contribution in [0.15, 0.2) is 18.2 Å². The van der Waals surface area contributed by atoms with Crippen molar-refractivity contribution in [1.29, 1.82) is 0 Å². The molecule has 6 nitrogen and oxygen atoms in total. The zero-order chi connectivity index (χ0) is 15.7. The normalized spacial score (nSPS) is 10.2. The molecule has 0 heterocycles. The number of urea groups is 1. The highest BCUT2D eigenvalue weighted by molar-refractivity contribution is 5.93. The molecule has 0 aliphatic heterocycles. The minimum absolute atomic E-state index is 0.138. The second kappa shape index (κ2) is 8.97. The molecule has 0 saturated heterocycles. The molecule has 0 atom stereocenters. The van der Waals surface area contributed by atoms with Gasteiger partial charge in [0, 0.05) is 18.8 Å². The van der Waals surface area contributed by atoms with Gasteiger partial charge in [0.1, 0.15) is 0 Å². The van der Waals surface area contributed by atoms with E-state index in [4.69, 9.17) is 9.84 Å². The Hall–Kier alpha value is -2.08. The molecule has 3 N–H and O–H groups in total. The maximum absolute atomic E-state index is 11.7. The lowest BCUT2D eigenvalue weighted by molar-refractivity contribution is 0.0697. The molecule has 0 radical (unpaired) electrons. The summed E-state index contributed by atoms with van der Waals surface area (Å²) in [5.74, 6) is -1.03. The van der Waals surface area contributed by atoms with Gasteiger partial charge in [-0.25, -0.2) is 9.59 Å². The van der Waals surface area contributed by atoms with Gasteiger partial charge in [0.25, 0.3) is 0 Å². The van der Waals surface area contributed by atoms with Gasteiger partial charge in [-0.05, 0) is 31.0 Å². The van der Waals surface area contributed by atoms with Gasteiger partial charge in [-0.3, -0.25) is 0 Å². The second-order valence-electron chi connectivity index (χ2n) is 4.68. The van der Waals surface area contributed by atoms with Crippen LogP contribution in [-0.2, 0) is 4.74 Å². The minimum Gasteiger partial charge on any atom is -0.478 e. The first-order valence-corrected chi connectivity index (χ1v) is 7.01. The van der Waals surface area contributed by atoms with Gasteiger partial charge in [0.2, 0.25) is 0 Å². The van der Waals surface area contributed by atoms with Crippen LogP contribution in [0, 0.1) is 6.92 Å². The van der Waals surface area contributed by atoms with Crippen molar-refractivity contribution < 1.29 is 19.4 Å². The summed E-state index contributed by atoms with van der Waals surface area (Å²) in [6, 6.07) is 4.23. The van der Waals surface area contributed by atoms with Crippen LogP contribution in [-0.4, -0.2) is 36.9 Å². The lowest BCUT2D eigenvalue weighted by Crippen LogP contribution is -2.32. The molecule has 1 rings (SSSR count). The number of aromatic carboxylic acids is 1. The van der Waals surface area contributed by atoms with E-state index in [0.717, 1.165) is 18.4 Å². The van der Waals surface area contributed by atoms with Gasteiger partial charge in [-0.15, -0.1) is 0 Å². The summed E-state index contributed by atoms with van der Waals surface area (Å²) in [6.45, 7) is 5.45. The Morgan fingerprint density at radius 1 is 1.29 bits per heavy atom. The van der Waals surface area contributed by atoms with Crippen LogP contribution >= 0.6 is 0 Å². The van der Waals surface area contributed by atoms with Crippen LogP contribution in [0.4, 0.5) is 10.5 Å². The van der Waals surface area contributed by atoms with Crippen LogP contribution in [0.1, 0.15) is 35.7 Å². The van der Waals surface area contributed by atoms with E-state index in [2.05, 4.69) is 17.6 Å². The van der Waals surface area contributed by atoms with E-state index in [1.807, 2.05) is 0 Å². The highest BCUT2D eigenvalue weighted by atomic mass is 16.5. The average molecular weight is 294 g/mol.